The van der Waals surface area contributed by atoms with E-state index in [2.05, 4.69) is 0 Å². The largest absolute Gasteiger partial charge is 0.465 e. The van der Waals surface area contributed by atoms with Gasteiger partial charge in [0.15, 0.2) is 0 Å². The van der Waals surface area contributed by atoms with Crippen LogP contribution in [0.5, 0.6) is 0 Å². The Balaban J connectivity index is 2.59. The maximum absolute atomic E-state index is 12.2. The lowest BCUT2D eigenvalue weighted by Crippen LogP contribution is -2.60. The van der Waals surface area contributed by atoms with Crippen molar-refractivity contribution in [3.63, 3.8) is 0 Å². The van der Waals surface area contributed by atoms with Gasteiger partial charge in [-0.2, -0.15) is 0 Å². The molecule has 2 N–H and O–H groups in total. The van der Waals surface area contributed by atoms with Crippen molar-refractivity contribution in [3.8, 4) is 0 Å². The van der Waals surface area contributed by atoms with Crippen LogP contribution < -0.4 is 5.73 Å². The summed E-state index contributed by atoms with van der Waals surface area (Å²) >= 11 is 0. The first-order chi connectivity index (χ1) is 8.53. The first-order valence-electron chi connectivity index (χ1n) is 6.26. The standard InChI is InChI=1S/C12H22N2O4/c1-3-18-10(15)9-14(7-8-17-2)11(16)12(13)5-4-6-12/h3-9,13H2,1-2H3. The van der Waals surface area contributed by atoms with E-state index < -0.39 is 11.5 Å². The minimum absolute atomic E-state index is 0.0605. The molecule has 0 aliphatic heterocycles. The van der Waals surface area contributed by atoms with E-state index in [-0.39, 0.29) is 12.5 Å². The second-order valence-electron chi connectivity index (χ2n) is 4.53. The Morgan fingerprint density at radius 1 is 1.39 bits per heavy atom. The van der Waals surface area contributed by atoms with Crippen LogP contribution in [0.2, 0.25) is 0 Å². The summed E-state index contributed by atoms with van der Waals surface area (Å²) in [6, 6.07) is 0. The van der Waals surface area contributed by atoms with Gasteiger partial charge in [0.25, 0.3) is 0 Å². The predicted octanol–water partition coefficient (Wildman–Crippen LogP) is -0.0941. The van der Waals surface area contributed by atoms with Gasteiger partial charge in [0.2, 0.25) is 5.91 Å². The van der Waals surface area contributed by atoms with Crippen molar-refractivity contribution in [2.75, 3.05) is 33.4 Å². The molecule has 1 aliphatic rings. The van der Waals surface area contributed by atoms with Crippen LogP contribution in [0.4, 0.5) is 0 Å². The number of methoxy groups -OCH3 is 1. The lowest BCUT2D eigenvalue weighted by Gasteiger charge is -2.40. The SMILES string of the molecule is CCOC(=O)CN(CCOC)C(=O)C1(N)CCC1. The van der Waals surface area contributed by atoms with Crippen molar-refractivity contribution in [3.05, 3.63) is 0 Å². The Morgan fingerprint density at radius 3 is 2.50 bits per heavy atom. The molecule has 0 aromatic carbocycles. The van der Waals surface area contributed by atoms with E-state index in [4.69, 9.17) is 15.2 Å². The van der Waals surface area contributed by atoms with Gasteiger partial charge in [0.05, 0.1) is 18.8 Å². The summed E-state index contributed by atoms with van der Waals surface area (Å²) < 4.78 is 9.79. The molecular weight excluding hydrogens is 236 g/mol. The molecule has 0 saturated heterocycles. The van der Waals surface area contributed by atoms with Gasteiger partial charge in [-0.05, 0) is 26.2 Å². The quantitative estimate of drug-likeness (QED) is 0.645. The van der Waals surface area contributed by atoms with Crippen LogP contribution >= 0.6 is 0 Å². The number of carbonyl (C=O) groups excluding carboxylic acids is 2. The van der Waals surface area contributed by atoms with Gasteiger partial charge < -0.3 is 20.1 Å². The summed E-state index contributed by atoms with van der Waals surface area (Å²) in [7, 11) is 1.55. The number of nitrogens with zero attached hydrogens (tertiary/aromatic N) is 1. The number of esters is 1. The third-order valence-corrected chi connectivity index (χ3v) is 3.15. The second kappa shape index (κ2) is 6.70. The maximum atomic E-state index is 12.2. The van der Waals surface area contributed by atoms with Crippen LogP contribution in [0.1, 0.15) is 26.2 Å². The molecule has 6 heteroatoms. The second-order valence-corrected chi connectivity index (χ2v) is 4.53. The number of carbonyl (C=O) groups is 2. The van der Waals surface area contributed by atoms with Crippen LogP contribution in [-0.2, 0) is 19.1 Å². The van der Waals surface area contributed by atoms with Gasteiger partial charge >= 0.3 is 5.97 Å². The third-order valence-electron chi connectivity index (χ3n) is 3.15. The summed E-state index contributed by atoms with van der Waals surface area (Å²) in [4.78, 5) is 25.1. The zero-order valence-electron chi connectivity index (χ0n) is 11.1. The molecule has 0 aromatic heterocycles. The first-order valence-corrected chi connectivity index (χ1v) is 6.26. The highest BCUT2D eigenvalue weighted by Gasteiger charge is 2.43. The van der Waals surface area contributed by atoms with E-state index in [0.717, 1.165) is 6.42 Å². The van der Waals surface area contributed by atoms with Crippen LogP contribution in [0.15, 0.2) is 0 Å². The smallest absolute Gasteiger partial charge is 0.325 e. The molecule has 0 bridgehead atoms. The predicted molar refractivity (Wildman–Crippen MR) is 65.9 cm³/mol. The molecule has 0 heterocycles. The average Bonchev–Trinajstić information content (AvgIpc) is 2.31. The lowest BCUT2D eigenvalue weighted by molar-refractivity contribution is -0.152. The maximum Gasteiger partial charge on any atom is 0.325 e. The van der Waals surface area contributed by atoms with Crippen LogP contribution in [0.3, 0.4) is 0 Å². The fraction of sp³-hybridized carbons (Fsp3) is 0.833. The van der Waals surface area contributed by atoms with Crippen LogP contribution in [0.25, 0.3) is 0 Å². The highest BCUT2D eigenvalue weighted by molar-refractivity contribution is 5.89. The van der Waals surface area contributed by atoms with Gasteiger partial charge in [-0.3, -0.25) is 9.59 Å². The summed E-state index contributed by atoms with van der Waals surface area (Å²) in [5, 5.41) is 0. The Hall–Kier alpha value is -1.14. The van der Waals surface area contributed by atoms with Gasteiger partial charge in [-0.25, -0.2) is 0 Å². The van der Waals surface area contributed by atoms with Gasteiger partial charge in [0.1, 0.15) is 6.54 Å². The van der Waals surface area contributed by atoms with E-state index in [1.54, 1.807) is 14.0 Å². The molecule has 1 rings (SSSR count). The number of nitrogens with two attached hydrogens (primary N) is 1. The summed E-state index contributed by atoms with van der Waals surface area (Å²) in [6.07, 6.45) is 2.32. The van der Waals surface area contributed by atoms with Crippen molar-refractivity contribution >= 4 is 11.9 Å². The number of rotatable bonds is 7. The molecule has 1 saturated carbocycles. The molecule has 1 fully saturated rings. The number of hydrogen-bond acceptors (Lipinski definition) is 5. The Labute approximate surface area is 107 Å². The molecule has 18 heavy (non-hydrogen) atoms. The fourth-order valence-corrected chi connectivity index (χ4v) is 1.90. The van der Waals surface area contributed by atoms with E-state index in [9.17, 15) is 9.59 Å². The van der Waals surface area contributed by atoms with Crippen LogP contribution in [0, 0.1) is 0 Å². The van der Waals surface area contributed by atoms with Crippen molar-refractivity contribution in [2.45, 2.75) is 31.7 Å². The van der Waals surface area contributed by atoms with E-state index in [1.165, 1.54) is 4.90 Å². The Morgan fingerprint density at radius 2 is 2.06 bits per heavy atom. The number of amides is 1. The molecule has 0 radical (unpaired) electrons. The molecule has 6 nitrogen and oxygen atoms in total. The summed E-state index contributed by atoms with van der Waals surface area (Å²) in [5.41, 5.74) is 5.19. The van der Waals surface area contributed by atoms with E-state index in [1.807, 2.05) is 0 Å². The van der Waals surface area contributed by atoms with Gasteiger partial charge in [-0.1, -0.05) is 0 Å². The van der Waals surface area contributed by atoms with E-state index in [0.29, 0.717) is 32.6 Å². The molecular formula is C12H22N2O4. The van der Waals surface area contributed by atoms with Gasteiger partial charge in [-0.15, -0.1) is 0 Å². The zero-order chi connectivity index (χ0) is 13.6. The first kappa shape index (κ1) is 14.9. The topological polar surface area (TPSA) is 81.9 Å². The zero-order valence-corrected chi connectivity index (χ0v) is 11.1. The molecule has 0 spiro atoms. The molecule has 1 aliphatic carbocycles. The minimum Gasteiger partial charge on any atom is -0.465 e. The minimum atomic E-state index is -0.791. The van der Waals surface area contributed by atoms with Crippen LogP contribution in [-0.4, -0.2) is 55.7 Å². The van der Waals surface area contributed by atoms with Crippen molar-refractivity contribution in [2.24, 2.45) is 5.73 Å². The fourth-order valence-electron chi connectivity index (χ4n) is 1.90. The normalized spacial score (nSPS) is 16.8. The number of ether oxygens (including phenoxy) is 2. The monoisotopic (exact) mass is 258 g/mol. The highest BCUT2D eigenvalue weighted by atomic mass is 16.5. The van der Waals surface area contributed by atoms with Crippen molar-refractivity contribution in [1.29, 1.82) is 0 Å². The molecule has 0 aromatic rings. The Bertz CT molecular complexity index is 302. The average molecular weight is 258 g/mol. The lowest BCUT2D eigenvalue weighted by atomic mass is 9.76. The molecule has 0 unspecified atom stereocenters. The Kier molecular flexibility index (Phi) is 5.55. The van der Waals surface area contributed by atoms with E-state index >= 15 is 0 Å². The highest BCUT2D eigenvalue weighted by Crippen LogP contribution is 2.30. The molecule has 0 atom stereocenters. The van der Waals surface area contributed by atoms with Crippen molar-refractivity contribution < 1.29 is 19.1 Å². The van der Waals surface area contributed by atoms with Gasteiger partial charge in [0, 0.05) is 13.7 Å². The molecule has 1 amide bonds. The number of hydrogen-bond donors (Lipinski definition) is 1. The van der Waals surface area contributed by atoms with Crippen molar-refractivity contribution in [1.82, 2.24) is 4.90 Å². The summed E-state index contributed by atoms with van der Waals surface area (Å²) in [5.74, 6) is -0.594. The third kappa shape index (κ3) is 3.68. The molecule has 104 valence electrons. The summed E-state index contributed by atoms with van der Waals surface area (Å²) in [6.45, 7) is 2.71.